The van der Waals surface area contributed by atoms with Crippen LogP contribution >= 0.6 is 0 Å². The summed E-state index contributed by atoms with van der Waals surface area (Å²) in [5.41, 5.74) is -5.74. The minimum atomic E-state index is -4.91. The number of carbonyl (C=O) groups excluding carboxylic acids is 2. The zero-order valence-electron chi connectivity index (χ0n) is 29.0. The lowest BCUT2D eigenvalue weighted by Crippen LogP contribution is -2.30. The maximum absolute atomic E-state index is 14.1. The molecule has 5 aromatic carbocycles. The van der Waals surface area contributed by atoms with Crippen LogP contribution in [0.3, 0.4) is 0 Å². The Morgan fingerprint density at radius 1 is 0.407 bits per heavy atom. The van der Waals surface area contributed by atoms with Gasteiger partial charge in [0.15, 0.2) is 0 Å². The third-order valence-electron chi connectivity index (χ3n) is 10.2. The van der Waals surface area contributed by atoms with Crippen molar-refractivity contribution in [1.82, 2.24) is 14.1 Å². The zero-order chi connectivity index (χ0) is 42.1. The van der Waals surface area contributed by atoms with Crippen molar-refractivity contribution in [3.8, 4) is 11.5 Å². The van der Waals surface area contributed by atoms with Crippen LogP contribution in [0.5, 0.6) is 0 Å². The molecule has 0 radical (unpaired) electrons. The molecular weight excluding hydrogens is 808 g/mol. The third-order valence-corrected chi connectivity index (χ3v) is 10.2. The molecule has 2 amide bonds. The van der Waals surface area contributed by atoms with E-state index in [0.717, 1.165) is 36.5 Å². The summed E-state index contributed by atoms with van der Waals surface area (Å²) >= 11 is 0. The van der Waals surface area contributed by atoms with Gasteiger partial charge in [0.25, 0.3) is 11.8 Å². The molecule has 0 atom stereocenters. The van der Waals surface area contributed by atoms with Crippen molar-refractivity contribution in [2.24, 2.45) is 0 Å². The normalized spacial score (nSPS) is 14.1. The molecule has 0 fully saturated rings. The Bertz CT molecular complexity index is 2940. The van der Waals surface area contributed by atoms with E-state index in [2.05, 4.69) is 4.98 Å². The standard InChI is InChI=1S/C41H18F12N4O2/c42-38(43,44)19-5-9-29-25(13-19)26-14-20(39(45,46)47)6-10-30(26)55(29)34-18-54-35(17-33(34)57-36(58)23-3-1-2-4-24(23)37(57)59)56-31-11-7-21(40(48,49)50)15-27(31)28-16-22(41(51,52)53)8-12-32(28)56/h1-18H. The first-order valence-electron chi connectivity index (χ1n) is 17.1. The fourth-order valence-corrected chi connectivity index (χ4v) is 7.57. The molecule has 1 aliphatic rings. The van der Waals surface area contributed by atoms with E-state index in [0.29, 0.717) is 53.4 Å². The van der Waals surface area contributed by atoms with E-state index in [1.807, 2.05) is 0 Å². The number of imide groups is 1. The predicted octanol–water partition coefficient (Wildman–Crippen LogP) is 12.2. The van der Waals surface area contributed by atoms with Gasteiger partial charge in [-0.2, -0.15) is 52.7 Å². The molecule has 0 bridgehead atoms. The van der Waals surface area contributed by atoms with Gasteiger partial charge in [-0.3, -0.25) is 14.2 Å². The number of alkyl halides is 12. The van der Waals surface area contributed by atoms with Crippen molar-refractivity contribution in [3.05, 3.63) is 143 Å². The molecule has 18 heteroatoms. The van der Waals surface area contributed by atoms with Gasteiger partial charge in [-0.05, 0) is 84.9 Å². The average Bonchev–Trinajstić information content (AvgIpc) is 3.76. The molecule has 6 nitrogen and oxygen atoms in total. The van der Waals surface area contributed by atoms with Crippen molar-refractivity contribution >= 4 is 61.1 Å². The number of fused-ring (bicyclic) bond motifs is 7. The van der Waals surface area contributed by atoms with E-state index in [1.165, 1.54) is 33.4 Å². The molecule has 0 spiro atoms. The molecule has 8 aromatic rings. The maximum atomic E-state index is 14.1. The van der Waals surface area contributed by atoms with Crippen molar-refractivity contribution in [3.63, 3.8) is 0 Å². The van der Waals surface area contributed by atoms with Crippen LogP contribution in [0.25, 0.3) is 55.1 Å². The van der Waals surface area contributed by atoms with Crippen molar-refractivity contribution in [2.45, 2.75) is 24.7 Å². The lowest BCUT2D eigenvalue weighted by Gasteiger charge is -2.21. The van der Waals surface area contributed by atoms with Gasteiger partial charge < -0.3 is 4.57 Å². The summed E-state index contributed by atoms with van der Waals surface area (Å²) < 4.78 is 170. The molecule has 298 valence electrons. The highest BCUT2D eigenvalue weighted by molar-refractivity contribution is 6.35. The summed E-state index contributed by atoms with van der Waals surface area (Å²) in [4.78, 5) is 33.3. The average molecular weight is 827 g/mol. The Hall–Kier alpha value is -6.85. The number of rotatable bonds is 3. The molecule has 9 rings (SSSR count). The van der Waals surface area contributed by atoms with E-state index in [-0.39, 0.29) is 71.9 Å². The number of benzene rings is 5. The minimum Gasteiger partial charge on any atom is -0.306 e. The number of hydrogen-bond donors (Lipinski definition) is 0. The van der Waals surface area contributed by atoms with Crippen LogP contribution in [0.2, 0.25) is 0 Å². The van der Waals surface area contributed by atoms with Crippen LogP contribution < -0.4 is 4.90 Å². The fraction of sp³-hybridized carbons (Fsp3) is 0.0976. The largest absolute Gasteiger partial charge is 0.416 e. The van der Waals surface area contributed by atoms with Crippen molar-refractivity contribution < 1.29 is 62.3 Å². The smallest absolute Gasteiger partial charge is 0.306 e. The van der Waals surface area contributed by atoms with Gasteiger partial charge in [0.1, 0.15) is 5.82 Å². The van der Waals surface area contributed by atoms with Gasteiger partial charge in [-0.25, -0.2) is 9.88 Å². The van der Waals surface area contributed by atoms with E-state index in [1.54, 1.807) is 0 Å². The Kier molecular flexibility index (Phi) is 7.88. The van der Waals surface area contributed by atoms with Crippen molar-refractivity contribution in [2.75, 3.05) is 4.90 Å². The van der Waals surface area contributed by atoms with Crippen LogP contribution in [0.4, 0.5) is 58.4 Å². The van der Waals surface area contributed by atoms with Gasteiger partial charge in [0.2, 0.25) is 0 Å². The number of pyridine rings is 1. The molecule has 0 N–H and O–H groups in total. The molecular formula is C41H18F12N4O2. The number of carbonyl (C=O) groups is 2. The van der Waals surface area contributed by atoms with Gasteiger partial charge >= 0.3 is 24.7 Å². The highest BCUT2D eigenvalue weighted by Gasteiger charge is 2.40. The summed E-state index contributed by atoms with van der Waals surface area (Å²) in [6, 6.07) is 16.2. The molecule has 3 aromatic heterocycles. The van der Waals surface area contributed by atoms with E-state index in [4.69, 9.17) is 0 Å². The molecule has 0 saturated carbocycles. The number of aromatic nitrogens is 3. The number of halogens is 12. The molecule has 0 unspecified atom stereocenters. The fourth-order valence-electron chi connectivity index (χ4n) is 7.57. The molecule has 1 aliphatic heterocycles. The monoisotopic (exact) mass is 826 g/mol. The first-order valence-corrected chi connectivity index (χ1v) is 17.1. The Morgan fingerprint density at radius 3 is 1.08 bits per heavy atom. The van der Waals surface area contributed by atoms with Gasteiger partial charge in [0.05, 0.1) is 73.0 Å². The molecule has 0 aliphatic carbocycles. The van der Waals surface area contributed by atoms with Crippen molar-refractivity contribution in [1.29, 1.82) is 0 Å². The third kappa shape index (κ3) is 5.86. The van der Waals surface area contributed by atoms with Gasteiger partial charge in [-0.1, -0.05) is 12.1 Å². The van der Waals surface area contributed by atoms with Gasteiger partial charge in [0, 0.05) is 27.6 Å². The molecule has 0 saturated heterocycles. The van der Waals surface area contributed by atoms with E-state index >= 15 is 0 Å². The topological polar surface area (TPSA) is 60.1 Å². The second-order valence-corrected chi connectivity index (χ2v) is 13.6. The maximum Gasteiger partial charge on any atom is 0.416 e. The predicted molar refractivity (Wildman–Crippen MR) is 191 cm³/mol. The van der Waals surface area contributed by atoms with Gasteiger partial charge in [-0.15, -0.1) is 0 Å². The van der Waals surface area contributed by atoms with Crippen LogP contribution in [0.1, 0.15) is 43.0 Å². The lowest BCUT2D eigenvalue weighted by atomic mass is 10.1. The number of anilines is 1. The Morgan fingerprint density at radius 2 is 0.746 bits per heavy atom. The first-order chi connectivity index (χ1) is 27.6. The number of hydrogen-bond acceptors (Lipinski definition) is 3. The summed E-state index contributed by atoms with van der Waals surface area (Å²) in [6.45, 7) is 0. The molecule has 59 heavy (non-hydrogen) atoms. The highest BCUT2D eigenvalue weighted by Crippen LogP contribution is 2.44. The SMILES string of the molecule is O=C1c2ccccc2C(=O)N1c1cc(-n2c3ccc(C(F)(F)F)cc3c3cc(C(F)(F)F)ccc32)ncc1-n1c2ccc(C(F)(F)F)cc2c2cc(C(F)(F)F)ccc21. The van der Waals surface area contributed by atoms with E-state index in [9.17, 15) is 62.3 Å². The van der Waals surface area contributed by atoms with Crippen LogP contribution in [-0.2, 0) is 24.7 Å². The van der Waals surface area contributed by atoms with Crippen LogP contribution in [0, 0.1) is 0 Å². The summed E-state index contributed by atoms with van der Waals surface area (Å²) in [6.07, 6.45) is -18.6. The zero-order valence-corrected chi connectivity index (χ0v) is 29.0. The second-order valence-electron chi connectivity index (χ2n) is 13.6. The second kappa shape index (κ2) is 12.3. The quantitative estimate of drug-likeness (QED) is 0.132. The first kappa shape index (κ1) is 37.7. The van der Waals surface area contributed by atoms with Crippen LogP contribution in [0.15, 0.2) is 109 Å². The number of amides is 2. The highest BCUT2D eigenvalue weighted by atomic mass is 19.4. The Balaban J connectivity index is 1.37. The summed E-state index contributed by atoms with van der Waals surface area (Å²) in [5, 5.41) is -1.11. The molecule has 4 heterocycles. The minimum absolute atomic E-state index is 0.0649. The number of nitrogens with zero attached hydrogens (tertiary/aromatic N) is 4. The van der Waals surface area contributed by atoms with Crippen LogP contribution in [-0.4, -0.2) is 25.9 Å². The lowest BCUT2D eigenvalue weighted by molar-refractivity contribution is -0.138. The van der Waals surface area contributed by atoms with E-state index < -0.39 is 58.8 Å². The summed E-state index contributed by atoms with van der Waals surface area (Å²) in [5.74, 6) is -2.02. The Labute approximate surface area is 321 Å². The summed E-state index contributed by atoms with van der Waals surface area (Å²) in [7, 11) is 0.